The summed E-state index contributed by atoms with van der Waals surface area (Å²) in [6.45, 7) is 2.00. The molecule has 0 spiro atoms. The van der Waals surface area contributed by atoms with Gasteiger partial charge >= 0.3 is 0 Å². The molecule has 0 saturated heterocycles. The molecule has 21 heavy (non-hydrogen) atoms. The lowest BCUT2D eigenvalue weighted by atomic mass is 10.1. The topological polar surface area (TPSA) is 58.2 Å². The van der Waals surface area contributed by atoms with Gasteiger partial charge in [0.25, 0.3) is 5.91 Å². The van der Waals surface area contributed by atoms with Crippen LogP contribution in [0.5, 0.6) is 0 Å². The van der Waals surface area contributed by atoms with Gasteiger partial charge in [-0.2, -0.15) is 0 Å². The van der Waals surface area contributed by atoms with E-state index in [9.17, 15) is 9.59 Å². The van der Waals surface area contributed by atoms with Crippen molar-refractivity contribution in [2.24, 2.45) is 0 Å². The Morgan fingerprint density at radius 3 is 2.71 bits per heavy atom. The van der Waals surface area contributed by atoms with Crippen molar-refractivity contribution in [1.82, 2.24) is 0 Å². The summed E-state index contributed by atoms with van der Waals surface area (Å²) < 4.78 is 0. The number of fused-ring (bicyclic) bond motifs is 1. The highest BCUT2D eigenvalue weighted by atomic mass is 32.2. The summed E-state index contributed by atoms with van der Waals surface area (Å²) in [5, 5.41) is 5.63. The number of amides is 2. The SMILES string of the molecule is Cc1ccc(NC(=O)c2ccc3c(c2)NC(=O)CS3)cc1. The number of aryl methyl sites for hydroxylation is 1. The number of hydrogen-bond acceptors (Lipinski definition) is 3. The van der Waals surface area contributed by atoms with Gasteiger partial charge in [-0.3, -0.25) is 9.59 Å². The van der Waals surface area contributed by atoms with E-state index in [2.05, 4.69) is 10.6 Å². The Balaban J connectivity index is 1.80. The van der Waals surface area contributed by atoms with Crippen LogP contribution >= 0.6 is 11.8 Å². The summed E-state index contributed by atoms with van der Waals surface area (Å²) in [5.74, 6) is 0.192. The first-order valence-corrected chi connectivity index (χ1v) is 7.55. The lowest BCUT2D eigenvalue weighted by Crippen LogP contribution is -2.19. The summed E-state index contributed by atoms with van der Waals surface area (Å²) in [5.41, 5.74) is 3.12. The van der Waals surface area contributed by atoms with Gasteiger partial charge in [-0.1, -0.05) is 17.7 Å². The second kappa shape index (κ2) is 5.61. The zero-order chi connectivity index (χ0) is 14.8. The van der Waals surface area contributed by atoms with Crippen molar-refractivity contribution in [2.45, 2.75) is 11.8 Å². The van der Waals surface area contributed by atoms with Crippen molar-refractivity contribution in [3.8, 4) is 0 Å². The average molecular weight is 298 g/mol. The van der Waals surface area contributed by atoms with Gasteiger partial charge in [0.1, 0.15) is 0 Å². The molecule has 2 amide bonds. The van der Waals surface area contributed by atoms with Crippen LogP contribution in [0.25, 0.3) is 0 Å². The average Bonchev–Trinajstić information content (AvgIpc) is 2.48. The van der Waals surface area contributed by atoms with Crippen molar-refractivity contribution < 1.29 is 9.59 Å². The Morgan fingerprint density at radius 1 is 1.19 bits per heavy atom. The van der Waals surface area contributed by atoms with Gasteiger partial charge < -0.3 is 10.6 Å². The van der Waals surface area contributed by atoms with Crippen LogP contribution in [0.2, 0.25) is 0 Å². The number of anilines is 2. The maximum absolute atomic E-state index is 12.2. The molecule has 0 aromatic heterocycles. The normalized spacial score (nSPS) is 13.3. The molecule has 2 N–H and O–H groups in total. The van der Waals surface area contributed by atoms with Crippen molar-refractivity contribution >= 4 is 35.0 Å². The Labute approximate surface area is 126 Å². The van der Waals surface area contributed by atoms with Crippen molar-refractivity contribution in [3.63, 3.8) is 0 Å². The van der Waals surface area contributed by atoms with E-state index in [0.29, 0.717) is 17.0 Å². The predicted molar refractivity (Wildman–Crippen MR) is 84.9 cm³/mol. The highest BCUT2D eigenvalue weighted by Crippen LogP contribution is 2.32. The standard InChI is InChI=1S/C16H14N2O2S/c1-10-2-5-12(6-3-10)17-16(20)11-4-7-14-13(8-11)18-15(19)9-21-14/h2-8H,9H2,1H3,(H,17,20)(H,18,19). The van der Waals surface area contributed by atoms with Gasteiger partial charge in [-0.15, -0.1) is 11.8 Å². The molecule has 2 aromatic carbocycles. The fourth-order valence-electron chi connectivity index (χ4n) is 2.06. The molecule has 1 aliphatic rings. The van der Waals surface area contributed by atoms with Crippen LogP contribution in [0.3, 0.4) is 0 Å². The first kappa shape index (κ1) is 13.7. The summed E-state index contributed by atoms with van der Waals surface area (Å²) >= 11 is 1.48. The monoisotopic (exact) mass is 298 g/mol. The number of hydrogen-bond donors (Lipinski definition) is 2. The van der Waals surface area contributed by atoms with Crippen LogP contribution in [0, 0.1) is 6.92 Å². The van der Waals surface area contributed by atoms with Crippen LogP contribution in [-0.2, 0) is 4.79 Å². The Kier molecular flexibility index (Phi) is 3.66. The summed E-state index contributed by atoms with van der Waals surface area (Å²) in [4.78, 5) is 24.6. The van der Waals surface area contributed by atoms with Crippen LogP contribution < -0.4 is 10.6 Å². The molecule has 0 atom stereocenters. The van der Waals surface area contributed by atoms with Crippen LogP contribution in [0.15, 0.2) is 47.4 Å². The van der Waals surface area contributed by atoms with Gasteiger partial charge in [-0.25, -0.2) is 0 Å². The third-order valence-electron chi connectivity index (χ3n) is 3.18. The third kappa shape index (κ3) is 3.08. The Hall–Kier alpha value is -2.27. The molecule has 106 valence electrons. The van der Waals surface area contributed by atoms with Gasteiger partial charge in [0.15, 0.2) is 0 Å². The van der Waals surface area contributed by atoms with E-state index in [4.69, 9.17) is 0 Å². The quantitative estimate of drug-likeness (QED) is 0.894. The number of nitrogens with one attached hydrogen (secondary N) is 2. The second-order valence-electron chi connectivity index (χ2n) is 4.87. The van der Waals surface area contributed by atoms with Gasteiger partial charge in [0.05, 0.1) is 11.4 Å². The van der Waals surface area contributed by atoms with Crippen molar-refractivity contribution in [2.75, 3.05) is 16.4 Å². The van der Waals surface area contributed by atoms with Crippen LogP contribution in [0.1, 0.15) is 15.9 Å². The highest BCUT2D eigenvalue weighted by molar-refractivity contribution is 8.00. The van der Waals surface area contributed by atoms with E-state index in [-0.39, 0.29) is 11.8 Å². The molecule has 5 heteroatoms. The summed E-state index contributed by atoms with van der Waals surface area (Å²) in [6.07, 6.45) is 0. The zero-order valence-electron chi connectivity index (χ0n) is 11.5. The smallest absolute Gasteiger partial charge is 0.255 e. The van der Waals surface area contributed by atoms with Crippen LogP contribution in [0.4, 0.5) is 11.4 Å². The largest absolute Gasteiger partial charge is 0.324 e. The molecule has 4 nitrogen and oxygen atoms in total. The molecule has 1 heterocycles. The highest BCUT2D eigenvalue weighted by Gasteiger charge is 2.17. The van der Waals surface area contributed by atoms with E-state index >= 15 is 0 Å². The molecule has 0 fully saturated rings. The molecule has 0 bridgehead atoms. The fraction of sp³-hybridized carbons (Fsp3) is 0.125. The molecule has 3 rings (SSSR count). The first-order chi connectivity index (χ1) is 10.1. The minimum absolute atomic E-state index is 0.0383. The van der Waals surface area contributed by atoms with Gasteiger partial charge in [0.2, 0.25) is 5.91 Å². The Morgan fingerprint density at radius 2 is 1.95 bits per heavy atom. The molecule has 0 aliphatic carbocycles. The van der Waals surface area contributed by atoms with E-state index < -0.39 is 0 Å². The molecule has 0 saturated carbocycles. The van der Waals surface area contributed by atoms with E-state index in [1.54, 1.807) is 12.1 Å². The Bertz CT molecular complexity index is 711. The summed E-state index contributed by atoms with van der Waals surface area (Å²) in [6, 6.07) is 13.0. The van der Waals surface area contributed by atoms with E-state index in [0.717, 1.165) is 16.1 Å². The van der Waals surface area contributed by atoms with Gasteiger partial charge in [-0.05, 0) is 37.3 Å². The maximum atomic E-state index is 12.2. The molecule has 0 radical (unpaired) electrons. The molecule has 1 aliphatic heterocycles. The van der Waals surface area contributed by atoms with Crippen molar-refractivity contribution in [3.05, 3.63) is 53.6 Å². The number of thioether (sulfide) groups is 1. The number of carbonyl (C=O) groups is 2. The molecule has 2 aromatic rings. The molecular formula is C16H14N2O2S. The minimum Gasteiger partial charge on any atom is -0.324 e. The third-order valence-corrected chi connectivity index (χ3v) is 4.26. The first-order valence-electron chi connectivity index (χ1n) is 6.56. The number of carbonyl (C=O) groups excluding carboxylic acids is 2. The molecular weight excluding hydrogens is 284 g/mol. The maximum Gasteiger partial charge on any atom is 0.255 e. The van der Waals surface area contributed by atoms with E-state index in [1.807, 2.05) is 37.3 Å². The zero-order valence-corrected chi connectivity index (χ0v) is 12.3. The van der Waals surface area contributed by atoms with Gasteiger partial charge in [0, 0.05) is 16.1 Å². The lowest BCUT2D eigenvalue weighted by molar-refractivity contribution is -0.113. The lowest BCUT2D eigenvalue weighted by Gasteiger charge is -2.17. The fourth-order valence-corrected chi connectivity index (χ4v) is 2.85. The molecule has 0 unspecified atom stereocenters. The number of rotatable bonds is 2. The van der Waals surface area contributed by atoms with Crippen LogP contribution in [-0.4, -0.2) is 17.6 Å². The summed E-state index contributed by atoms with van der Waals surface area (Å²) in [7, 11) is 0. The number of benzene rings is 2. The van der Waals surface area contributed by atoms with Crippen molar-refractivity contribution in [1.29, 1.82) is 0 Å². The second-order valence-corrected chi connectivity index (χ2v) is 5.89. The minimum atomic E-state index is -0.188. The van der Waals surface area contributed by atoms with E-state index in [1.165, 1.54) is 11.8 Å². The predicted octanol–water partition coefficient (Wildman–Crippen LogP) is 3.29.